The van der Waals surface area contributed by atoms with Gasteiger partial charge in [0.15, 0.2) is 0 Å². The molecule has 1 aliphatic heterocycles. The SMILES string of the molecule is CC(NCC1CCC(=O)N1)c1ccc(F)cc1. The van der Waals surface area contributed by atoms with Crippen molar-refractivity contribution in [2.45, 2.75) is 31.8 Å². The van der Waals surface area contributed by atoms with Crippen LogP contribution in [0.1, 0.15) is 31.4 Å². The van der Waals surface area contributed by atoms with Crippen LogP contribution in [0.2, 0.25) is 0 Å². The molecule has 0 aliphatic carbocycles. The summed E-state index contributed by atoms with van der Waals surface area (Å²) in [6.07, 6.45) is 1.51. The maximum absolute atomic E-state index is 12.8. The molecular formula is C13H17FN2O. The molecule has 2 unspecified atom stereocenters. The lowest BCUT2D eigenvalue weighted by Crippen LogP contribution is -2.36. The standard InChI is InChI=1S/C13H17FN2O/c1-9(10-2-4-11(14)5-3-10)15-8-12-6-7-13(17)16-12/h2-5,9,12,15H,6-8H2,1H3,(H,16,17). The van der Waals surface area contributed by atoms with Crippen LogP contribution in [-0.4, -0.2) is 18.5 Å². The number of halogens is 1. The van der Waals surface area contributed by atoms with Crippen molar-refractivity contribution in [3.05, 3.63) is 35.6 Å². The normalized spacial score (nSPS) is 21.3. The van der Waals surface area contributed by atoms with E-state index in [2.05, 4.69) is 10.6 Å². The number of carbonyl (C=O) groups excluding carboxylic acids is 1. The summed E-state index contributed by atoms with van der Waals surface area (Å²) in [5.41, 5.74) is 1.05. The van der Waals surface area contributed by atoms with E-state index in [1.807, 2.05) is 6.92 Å². The average molecular weight is 236 g/mol. The first-order chi connectivity index (χ1) is 8.15. The summed E-state index contributed by atoms with van der Waals surface area (Å²) in [4.78, 5) is 11.0. The number of carbonyl (C=O) groups is 1. The lowest BCUT2D eigenvalue weighted by Gasteiger charge is -2.17. The van der Waals surface area contributed by atoms with Gasteiger partial charge < -0.3 is 10.6 Å². The van der Waals surface area contributed by atoms with E-state index in [0.29, 0.717) is 6.42 Å². The van der Waals surface area contributed by atoms with Gasteiger partial charge in [0.05, 0.1) is 0 Å². The quantitative estimate of drug-likeness (QED) is 0.836. The van der Waals surface area contributed by atoms with Crippen molar-refractivity contribution in [1.29, 1.82) is 0 Å². The van der Waals surface area contributed by atoms with E-state index in [1.54, 1.807) is 12.1 Å². The van der Waals surface area contributed by atoms with Gasteiger partial charge in [0.2, 0.25) is 5.91 Å². The molecule has 3 nitrogen and oxygen atoms in total. The zero-order chi connectivity index (χ0) is 12.3. The third kappa shape index (κ3) is 3.27. The van der Waals surface area contributed by atoms with Crippen LogP contribution in [0, 0.1) is 5.82 Å². The molecule has 0 spiro atoms. The Bertz CT molecular complexity index is 391. The molecule has 92 valence electrons. The first kappa shape index (κ1) is 12.0. The summed E-state index contributed by atoms with van der Waals surface area (Å²) >= 11 is 0. The van der Waals surface area contributed by atoms with Crippen molar-refractivity contribution < 1.29 is 9.18 Å². The molecule has 0 bridgehead atoms. The fourth-order valence-electron chi connectivity index (χ4n) is 2.02. The molecule has 1 aromatic carbocycles. The lowest BCUT2D eigenvalue weighted by molar-refractivity contribution is -0.119. The maximum Gasteiger partial charge on any atom is 0.220 e. The second-order valence-corrected chi connectivity index (χ2v) is 4.48. The van der Waals surface area contributed by atoms with Gasteiger partial charge in [-0.15, -0.1) is 0 Å². The van der Waals surface area contributed by atoms with Gasteiger partial charge in [0, 0.05) is 25.0 Å². The first-order valence-corrected chi connectivity index (χ1v) is 5.93. The minimum absolute atomic E-state index is 0.131. The zero-order valence-electron chi connectivity index (χ0n) is 9.87. The van der Waals surface area contributed by atoms with Crippen LogP contribution in [0.4, 0.5) is 4.39 Å². The van der Waals surface area contributed by atoms with Gasteiger partial charge in [-0.1, -0.05) is 12.1 Å². The molecule has 2 N–H and O–H groups in total. The molecule has 0 saturated carbocycles. The summed E-state index contributed by atoms with van der Waals surface area (Å²) in [5, 5.41) is 6.25. The number of nitrogens with one attached hydrogen (secondary N) is 2. The van der Waals surface area contributed by atoms with Crippen LogP contribution in [0.25, 0.3) is 0 Å². The minimum Gasteiger partial charge on any atom is -0.352 e. The minimum atomic E-state index is -0.219. The Labute approximate surface area is 100 Å². The smallest absolute Gasteiger partial charge is 0.220 e. The average Bonchev–Trinajstić information content (AvgIpc) is 2.73. The number of rotatable bonds is 4. The molecule has 1 aromatic rings. The van der Waals surface area contributed by atoms with Crippen molar-refractivity contribution in [1.82, 2.24) is 10.6 Å². The number of hydrogen-bond donors (Lipinski definition) is 2. The molecule has 1 amide bonds. The summed E-state index contributed by atoms with van der Waals surface area (Å²) in [5.74, 6) is -0.0877. The Balaban J connectivity index is 1.82. The number of hydrogen-bond acceptors (Lipinski definition) is 2. The molecular weight excluding hydrogens is 219 g/mol. The zero-order valence-corrected chi connectivity index (χ0v) is 9.87. The number of benzene rings is 1. The van der Waals surface area contributed by atoms with Crippen molar-refractivity contribution in [2.75, 3.05) is 6.54 Å². The summed E-state index contributed by atoms with van der Waals surface area (Å²) in [7, 11) is 0. The fourth-order valence-corrected chi connectivity index (χ4v) is 2.02. The third-order valence-corrected chi connectivity index (χ3v) is 3.13. The highest BCUT2D eigenvalue weighted by atomic mass is 19.1. The summed E-state index contributed by atoms with van der Waals surface area (Å²) < 4.78 is 12.8. The molecule has 0 aromatic heterocycles. The van der Waals surface area contributed by atoms with E-state index in [4.69, 9.17) is 0 Å². The molecule has 4 heteroatoms. The maximum atomic E-state index is 12.8. The third-order valence-electron chi connectivity index (χ3n) is 3.13. The van der Waals surface area contributed by atoms with Crippen LogP contribution in [0.3, 0.4) is 0 Å². The summed E-state index contributed by atoms with van der Waals surface area (Å²) in [6, 6.07) is 6.87. The molecule has 1 heterocycles. The summed E-state index contributed by atoms with van der Waals surface area (Å²) in [6.45, 7) is 2.79. The van der Waals surface area contributed by atoms with Gasteiger partial charge in [-0.05, 0) is 31.0 Å². The first-order valence-electron chi connectivity index (χ1n) is 5.93. The van der Waals surface area contributed by atoms with E-state index in [0.717, 1.165) is 18.5 Å². The van der Waals surface area contributed by atoms with Crippen LogP contribution in [0.15, 0.2) is 24.3 Å². The van der Waals surface area contributed by atoms with E-state index in [-0.39, 0.29) is 23.8 Å². The van der Waals surface area contributed by atoms with Crippen molar-refractivity contribution in [3.63, 3.8) is 0 Å². The van der Waals surface area contributed by atoms with Crippen molar-refractivity contribution in [2.24, 2.45) is 0 Å². The predicted molar refractivity (Wildman–Crippen MR) is 64.0 cm³/mol. The van der Waals surface area contributed by atoms with Gasteiger partial charge >= 0.3 is 0 Å². The molecule has 2 rings (SSSR count). The second-order valence-electron chi connectivity index (χ2n) is 4.48. The highest BCUT2D eigenvalue weighted by Crippen LogP contribution is 2.13. The van der Waals surface area contributed by atoms with E-state index in [9.17, 15) is 9.18 Å². The molecule has 2 atom stereocenters. The van der Waals surface area contributed by atoms with Crippen molar-refractivity contribution in [3.8, 4) is 0 Å². The highest BCUT2D eigenvalue weighted by molar-refractivity contribution is 5.78. The van der Waals surface area contributed by atoms with Crippen LogP contribution in [-0.2, 0) is 4.79 Å². The van der Waals surface area contributed by atoms with Gasteiger partial charge in [-0.3, -0.25) is 4.79 Å². The van der Waals surface area contributed by atoms with E-state index >= 15 is 0 Å². The Morgan fingerprint density at radius 2 is 2.18 bits per heavy atom. The highest BCUT2D eigenvalue weighted by Gasteiger charge is 2.20. The van der Waals surface area contributed by atoms with Crippen LogP contribution in [0.5, 0.6) is 0 Å². The van der Waals surface area contributed by atoms with Gasteiger partial charge in [-0.2, -0.15) is 0 Å². The van der Waals surface area contributed by atoms with E-state index < -0.39 is 0 Å². The topological polar surface area (TPSA) is 41.1 Å². The Morgan fingerprint density at radius 1 is 1.47 bits per heavy atom. The lowest BCUT2D eigenvalue weighted by atomic mass is 10.1. The van der Waals surface area contributed by atoms with Crippen LogP contribution < -0.4 is 10.6 Å². The van der Waals surface area contributed by atoms with Crippen LogP contribution >= 0.6 is 0 Å². The Kier molecular flexibility index (Phi) is 3.74. The Morgan fingerprint density at radius 3 is 2.76 bits per heavy atom. The molecule has 17 heavy (non-hydrogen) atoms. The molecule has 0 radical (unpaired) electrons. The fraction of sp³-hybridized carbons (Fsp3) is 0.462. The predicted octanol–water partition coefficient (Wildman–Crippen LogP) is 1.75. The van der Waals surface area contributed by atoms with Crippen molar-refractivity contribution >= 4 is 5.91 Å². The largest absolute Gasteiger partial charge is 0.352 e. The molecule has 1 saturated heterocycles. The second kappa shape index (κ2) is 5.27. The van der Waals surface area contributed by atoms with Gasteiger partial charge in [0.25, 0.3) is 0 Å². The molecule has 1 aliphatic rings. The van der Waals surface area contributed by atoms with E-state index in [1.165, 1.54) is 12.1 Å². The molecule has 1 fully saturated rings. The van der Waals surface area contributed by atoms with Gasteiger partial charge in [-0.25, -0.2) is 4.39 Å². The monoisotopic (exact) mass is 236 g/mol. The van der Waals surface area contributed by atoms with Gasteiger partial charge in [0.1, 0.15) is 5.82 Å². The number of amides is 1. The Hall–Kier alpha value is -1.42.